The van der Waals surface area contributed by atoms with Crippen LogP contribution in [0, 0.1) is 0 Å². The van der Waals surface area contributed by atoms with E-state index in [1.54, 1.807) is 0 Å². The first-order valence-corrected chi connectivity index (χ1v) is 7.28. The van der Waals surface area contributed by atoms with Gasteiger partial charge >= 0.3 is 0 Å². The number of aromatic nitrogens is 2. The zero-order valence-corrected chi connectivity index (χ0v) is 12.3. The molecular weight excluding hydrogens is 250 g/mol. The molecule has 0 aliphatic carbocycles. The molecule has 1 atom stereocenters. The summed E-state index contributed by atoms with van der Waals surface area (Å²) in [7, 11) is 4.33. The van der Waals surface area contributed by atoms with E-state index in [0.29, 0.717) is 12.6 Å². The number of hydrogen-bond donors (Lipinski definition) is 1. The Morgan fingerprint density at radius 2 is 2.30 bits per heavy atom. The third-order valence-corrected chi connectivity index (χ3v) is 4.32. The number of fused-ring (bicyclic) bond motifs is 1. The summed E-state index contributed by atoms with van der Waals surface area (Å²) in [5, 5.41) is 0. The van der Waals surface area contributed by atoms with Gasteiger partial charge < -0.3 is 19.9 Å². The molecule has 2 N–H and O–H groups in total. The molecule has 1 aliphatic rings. The molecule has 2 aromatic rings. The van der Waals surface area contributed by atoms with Gasteiger partial charge in [0.25, 0.3) is 0 Å². The Hall–Kier alpha value is -1.59. The van der Waals surface area contributed by atoms with Crippen LogP contribution >= 0.6 is 0 Å². The number of pyridine rings is 1. The van der Waals surface area contributed by atoms with Gasteiger partial charge in [-0.3, -0.25) is 0 Å². The molecule has 3 rings (SSSR count). The molecule has 1 aliphatic heterocycles. The van der Waals surface area contributed by atoms with E-state index in [-0.39, 0.29) is 0 Å². The SMILES string of the molecule is CN(CC1CCCN1C)c1nc2ccccn2c1CN. The van der Waals surface area contributed by atoms with Crippen LogP contribution in [0.25, 0.3) is 5.65 Å². The number of rotatable bonds is 4. The summed E-state index contributed by atoms with van der Waals surface area (Å²) in [6.45, 7) is 2.71. The summed E-state index contributed by atoms with van der Waals surface area (Å²) in [6.07, 6.45) is 4.60. The molecule has 5 nitrogen and oxygen atoms in total. The zero-order chi connectivity index (χ0) is 14.1. The quantitative estimate of drug-likeness (QED) is 0.913. The fourth-order valence-corrected chi connectivity index (χ4v) is 3.14. The number of nitrogens with zero attached hydrogens (tertiary/aromatic N) is 4. The smallest absolute Gasteiger partial charge is 0.152 e. The van der Waals surface area contributed by atoms with Crippen molar-refractivity contribution in [3.63, 3.8) is 0 Å². The molecule has 1 unspecified atom stereocenters. The third kappa shape index (κ3) is 2.27. The van der Waals surface area contributed by atoms with Crippen LogP contribution in [-0.2, 0) is 6.54 Å². The number of hydrogen-bond acceptors (Lipinski definition) is 4. The number of anilines is 1. The van der Waals surface area contributed by atoms with Gasteiger partial charge in [0, 0.05) is 32.4 Å². The van der Waals surface area contributed by atoms with Crippen molar-refractivity contribution in [1.82, 2.24) is 14.3 Å². The monoisotopic (exact) mass is 273 g/mol. The second-order valence-electron chi connectivity index (χ2n) is 5.67. The molecule has 108 valence electrons. The van der Waals surface area contributed by atoms with E-state index in [2.05, 4.69) is 28.3 Å². The van der Waals surface area contributed by atoms with Gasteiger partial charge in [-0.2, -0.15) is 0 Å². The zero-order valence-electron chi connectivity index (χ0n) is 12.3. The van der Waals surface area contributed by atoms with Crippen LogP contribution in [0.1, 0.15) is 18.5 Å². The highest BCUT2D eigenvalue weighted by Gasteiger charge is 2.24. The summed E-state index contributed by atoms with van der Waals surface area (Å²) < 4.78 is 2.09. The van der Waals surface area contributed by atoms with Gasteiger partial charge in [-0.1, -0.05) is 6.07 Å². The Morgan fingerprint density at radius 1 is 1.45 bits per heavy atom. The summed E-state index contributed by atoms with van der Waals surface area (Å²) in [5.41, 5.74) is 7.99. The topological polar surface area (TPSA) is 49.8 Å². The van der Waals surface area contributed by atoms with Crippen LogP contribution in [0.3, 0.4) is 0 Å². The van der Waals surface area contributed by atoms with E-state index in [4.69, 9.17) is 10.7 Å². The lowest BCUT2D eigenvalue weighted by Gasteiger charge is -2.26. The molecule has 0 amide bonds. The standard InChI is InChI=1S/C15H23N5/c1-18-8-5-6-12(18)11-19(2)15-13(10-16)20-9-4-3-7-14(20)17-15/h3-4,7,9,12H,5-6,8,10-11,16H2,1-2H3. The Balaban J connectivity index is 1.88. The van der Waals surface area contributed by atoms with E-state index < -0.39 is 0 Å². The first-order chi connectivity index (χ1) is 9.70. The number of nitrogens with two attached hydrogens (primary N) is 1. The summed E-state index contributed by atoms with van der Waals surface area (Å²) in [5.74, 6) is 1.01. The van der Waals surface area contributed by atoms with Crippen molar-refractivity contribution < 1.29 is 0 Å². The molecule has 0 spiro atoms. The van der Waals surface area contributed by atoms with Crippen molar-refractivity contribution in [1.29, 1.82) is 0 Å². The molecule has 0 saturated carbocycles. The van der Waals surface area contributed by atoms with Crippen molar-refractivity contribution >= 4 is 11.5 Å². The summed E-state index contributed by atoms with van der Waals surface area (Å²) >= 11 is 0. The second kappa shape index (κ2) is 5.42. The Labute approximate surface area is 120 Å². The van der Waals surface area contributed by atoms with Crippen LogP contribution in [-0.4, -0.2) is 47.5 Å². The molecular formula is C15H23N5. The van der Waals surface area contributed by atoms with Gasteiger partial charge in [-0.25, -0.2) is 4.98 Å². The highest BCUT2D eigenvalue weighted by Crippen LogP contribution is 2.23. The van der Waals surface area contributed by atoms with Crippen LogP contribution in [0.4, 0.5) is 5.82 Å². The third-order valence-electron chi connectivity index (χ3n) is 4.32. The second-order valence-corrected chi connectivity index (χ2v) is 5.67. The van der Waals surface area contributed by atoms with E-state index in [1.165, 1.54) is 19.4 Å². The molecule has 0 radical (unpaired) electrons. The van der Waals surface area contributed by atoms with E-state index in [9.17, 15) is 0 Å². The average molecular weight is 273 g/mol. The lowest BCUT2D eigenvalue weighted by atomic mass is 10.2. The van der Waals surface area contributed by atoms with Gasteiger partial charge in [0.2, 0.25) is 0 Å². The number of likely N-dealkylation sites (tertiary alicyclic amines) is 1. The first kappa shape index (κ1) is 13.4. The van der Waals surface area contributed by atoms with Crippen molar-refractivity contribution in [2.75, 3.05) is 32.1 Å². The first-order valence-electron chi connectivity index (χ1n) is 7.28. The number of likely N-dealkylation sites (N-methyl/N-ethyl adjacent to an activating group) is 2. The highest BCUT2D eigenvalue weighted by molar-refractivity contribution is 5.55. The van der Waals surface area contributed by atoms with Crippen molar-refractivity contribution in [2.24, 2.45) is 5.73 Å². The van der Waals surface area contributed by atoms with Crippen LogP contribution in [0.5, 0.6) is 0 Å². The fourth-order valence-electron chi connectivity index (χ4n) is 3.14. The van der Waals surface area contributed by atoms with E-state index >= 15 is 0 Å². The van der Waals surface area contributed by atoms with Crippen molar-refractivity contribution in [3.05, 3.63) is 30.1 Å². The van der Waals surface area contributed by atoms with Crippen molar-refractivity contribution in [2.45, 2.75) is 25.4 Å². The predicted octanol–water partition coefficient (Wildman–Crippen LogP) is 1.32. The molecule has 0 bridgehead atoms. The lowest BCUT2D eigenvalue weighted by molar-refractivity contribution is 0.314. The summed E-state index contributed by atoms with van der Waals surface area (Å²) in [4.78, 5) is 9.43. The van der Waals surface area contributed by atoms with Gasteiger partial charge in [0.1, 0.15) is 5.65 Å². The van der Waals surface area contributed by atoms with Crippen LogP contribution in [0.15, 0.2) is 24.4 Å². The minimum Gasteiger partial charge on any atom is -0.357 e. The fraction of sp³-hybridized carbons (Fsp3) is 0.533. The predicted molar refractivity (Wildman–Crippen MR) is 82.0 cm³/mol. The van der Waals surface area contributed by atoms with Crippen LogP contribution in [0.2, 0.25) is 0 Å². The molecule has 1 fully saturated rings. The lowest BCUT2D eigenvalue weighted by Crippen LogP contribution is -2.37. The van der Waals surface area contributed by atoms with Gasteiger partial charge in [-0.05, 0) is 38.6 Å². The van der Waals surface area contributed by atoms with Gasteiger partial charge in [0.05, 0.1) is 5.69 Å². The molecule has 20 heavy (non-hydrogen) atoms. The largest absolute Gasteiger partial charge is 0.357 e. The van der Waals surface area contributed by atoms with E-state index in [0.717, 1.165) is 23.7 Å². The Morgan fingerprint density at radius 3 is 3.00 bits per heavy atom. The normalized spacial score (nSPS) is 19.9. The molecule has 3 heterocycles. The highest BCUT2D eigenvalue weighted by atomic mass is 15.3. The van der Waals surface area contributed by atoms with Crippen molar-refractivity contribution in [3.8, 4) is 0 Å². The molecule has 5 heteroatoms. The minimum absolute atomic E-state index is 0.505. The maximum Gasteiger partial charge on any atom is 0.152 e. The van der Waals surface area contributed by atoms with E-state index in [1.807, 2.05) is 24.4 Å². The Bertz CT molecular complexity index is 591. The molecule has 0 aromatic carbocycles. The molecule has 2 aromatic heterocycles. The number of imidazole rings is 1. The Kier molecular flexibility index (Phi) is 3.63. The average Bonchev–Trinajstić information content (AvgIpc) is 3.02. The summed E-state index contributed by atoms with van der Waals surface area (Å²) in [6, 6.07) is 6.67. The maximum absolute atomic E-state index is 5.94. The van der Waals surface area contributed by atoms with Crippen LogP contribution < -0.4 is 10.6 Å². The van der Waals surface area contributed by atoms with Gasteiger partial charge in [0.15, 0.2) is 5.82 Å². The minimum atomic E-state index is 0.505. The maximum atomic E-state index is 5.94. The van der Waals surface area contributed by atoms with Gasteiger partial charge in [-0.15, -0.1) is 0 Å². The molecule has 1 saturated heterocycles.